The van der Waals surface area contributed by atoms with Gasteiger partial charge in [-0.1, -0.05) is 112 Å². The second-order valence-electron chi connectivity index (χ2n) is 12.1. The summed E-state index contributed by atoms with van der Waals surface area (Å²) in [6, 6.07) is 16.3. The van der Waals surface area contributed by atoms with Gasteiger partial charge in [0.05, 0.1) is 0 Å². The molecule has 2 aromatic carbocycles. The Balaban J connectivity index is 1.53. The number of benzene rings is 2. The highest BCUT2D eigenvalue weighted by Crippen LogP contribution is 2.43. The topological polar surface area (TPSA) is 0 Å². The molecular formula is C34H42. The van der Waals surface area contributed by atoms with E-state index in [4.69, 9.17) is 0 Å². The van der Waals surface area contributed by atoms with Crippen molar-refractivity contribution >= 4 is 11.1 Å². The average molecular weight is 451 g/mol. The Morgan fingerprint density at radius 1 is 0.971 bits per heavy atom. The van der Waals surface area contributed by atoms with E-state index in [1.54, 1.807) is 0 Å². The van der Waals surface area contributed by atoms with Crippen LogP contribution in [0.4, 0.5) is 0 Å². The summed E-state index contributed by atoms with van der Waals surface area (Å²) >= 11 is 0. The lowest BCUT2D eigenvalue weighted by atomic mass is 9.81. The Morgan fingerprint density at radius 2 is 1.65 bits per heavy atom. The SMILES string of the molecule is C=C(C)c1ccc(C2C=C(C)C=C2[C@H](C)CC(=C)c2cc(CC(C)(C)C)cc(C3CC3)c2)cc1. The van der Waals surface area contributed by atoms with Crippen molar-refractivity contribution < 1.29 is 0 Å². The molecule has 0 N–H and O–H groups in total. The van der Waals surface area contributed by atoms with Gasteiger partial charge < -0.3 is 0 Å². The fourth-order valence-corrected chi connectivity index (χ4v) is 5.37. The molecule has 0 aliphatic heterocycles. The Kier molecular flexibility index (Phi) is 6.90. The molecule has 2 aromatic rings. The third-order valence-electron chi connectivity index (χ3n) is 7.27. The predicted molar refractivity (Wildman–Crippen MR) is 150 cm³/mol. The fraction of sp³-hybridized carbons (Fsp3) is 0.412. The van der Waals surface area contributed by atoms with Crippen molar-refractivity contribution in [3.8, 4) is 0 Å². The van der Waals surface area contributed by atoms with Gasteiger partial charge >= 0.3 is 0 Å². The van der Waals surface area contributed by atoms with E-state index in [1.165, 1.54) is 57.4 Å². The smallest absolute Gasteiger partial charge is 0.0239 e. The Bertz CT molecular complexity index is 1140. The Hall–Kier alpha value is -2.60. The van der Waals surface area contributed by atoms with E-state index >= 15 is 0 Å². The minimum Gasteiger partial charge on any atom is -0.0955 e. The summed E-state index contributed by atoms with van der Waals surface area (Å²) in [5, 5.41) is 0. The largest absolute Gasteiger partial charge is 0.0955 e. The summed E-state index contributed by atoms with van der Waals surface area (Å²) in [5.41, 5.74) is 12.5. The van der Waals surface area contributed by atoms with E-state index in [0.29, 0.717) is 17.3 Å². The maximum atomic E-state index is 4.59. The quantitative estimate of drug-likeness (QED) is 0.375. The molecule has 1 fully saturated rings. The minimum atomic E-state index is 0.291. The van der Waals surface area contributed by atoms with Gasteiger partial charge in [0.1, 0.15) is 0 Å². The third kappa shape index (κ3) is 5.90. The lowest BCUT2D eigenvalue weighted by Gasteiger charge is -2.23. The zero-order valence-electron chi connectivity index (χ0n) is 22.2. The van der Waals surface area contributed by atoms with Crippen LogP contribution in [0.25, 0.3) is 11.1 Å². The molecule has 2 aliphatic rings. The van der Waals surface area contributed by atoms with Crippen LogP contribution in [-0.4, -0.2) is 0 Å². The van der Waals surface area contributed by atoms with Crippen molar-refractivity contribution in [3.63, 3.8) is 0 Å². The second kappa shape index (κ2) is 9.57. The van der Waals surface area contributed by atoms with Crippen molar-refractivity contribution in [2.75, 3.05) is 0 Å². The summed E-state index contributed by atoms with van der Waals surface area (Å²) in [6.07, 6.45) is 9.60. The van der Waals surface area contributed by atoms with Crippen molar-refractivity contribution in [2.45, 2.75) is 79.1 Å². The molecule has 0 bridgehead atoms. The van der Waals surface area contributed by atoms with Gasteiger partial charge in [0.25, 0.3) is 0 Å². The molecule has 0 amide bonds. The van der Waals surface area contributed by atoms with Gasteiger partial charge in [0.15, 0.2) is 0 Å². The molecule has 0 saturated heterocycles. The van der Waals surface area contributed by atoms with Crippen LogP contribution in [0, 0.1) is 11.3 Å². The number of hydrogen-bond acceptors (Lipinski definition) is 0. The van der Waals surface area contributed by atoms with Gasteiger partial charge in [-0.15, -0.1) is 0 Å². The van der Waals surface area contributed by atoms with Crippen LogP contribution >= 0.6 is 0 Å². The molecule has 0 heterocycles. The van der Waals surface area contributed by atoms with E-state index < -0.39 is 0 Å². The van der Waals surface area contributed by atoms with Crippen molar-refractivity contribution in [1.29, 1.82) is 0 Å². The molecule has 2 aliphatic carbocycles. The molecular weight excluding hydrogens is 408 g/mol. The van der Waals surface area contributed by atoms with Crippen molar-refractivity contribution in [2.24, 2.45) is 11.3 Å². The van der Waals surface area contributed by atoms with E-state index in [-0.39, 0.29) is 0 Å². The molecule has 1 saturated carbocycles. The molecule has 0 spiro atoms. The molecule has 0 nitrogen and oxygen atoms in total. The maximum absolute atomic E-state index is 4.59. The average Bonchev–Trinajstić information content (AvgIpc) is 3.53. The van der Waals surface area contributed by atoms with Crippen molar-refractivity contribution in [3.05, 3.63) is 107 Å². The van der Waals surface area contributed by atoms with E-state index in [1.807, 2.05) is 0 Å². The van der Waals surface area contributed by atoms with Gasteiger partial charge in [0, 0.05) is 5.92 Å². The molecule has 4 rings (SSSR count). The summed E-state index contributed by atoms with van der Waals surface area (Å²) in [7, 11) is 0. The Morgan fingerprint density at radius 3 is 2.24 bits per heavy atom. The van der Waals surface area contributed by atoms with E-state index in [0.717, 1.165) is 24.3 Å². The second-order valence-corrected chi connectivity index (χ2v) is 12.1. The monoisotopic (exact) mass is 450 g/mol. The molecule has 34 heavy (non-hydrogen) atoms. The van der Waals surface area contributed by atoms with Crippen LogP contribution in [0.2, 0.25) is 0 Å². The van der Waals surface area contributed by atoms with Crippen LogP contribution in [0.1, 0.15) is 100 Å². The van der Waals surface area contributed by atoms with E-state index in [9.17, 15) is 0 Å². The first-order valence-electron chi connectivity index (χ1n) is 13.0. The van der Waals surface area contributed by atoms with Crippen LogP contribution in [0.3, 0.4) is 0 Å². The standard InChI is InChI=1S/C34H42/c1-22(2)27-9-13-29(14-10-27)33-16-23(3)15-32(33)25(5)17-24(4)30-18-26(21-34(6,7)8)19-31(20-30)28-11-12-28/h9-10,13-16,18-20,25,28,33H,1,4,11-12,17,21H2,2-3,5-8H3/t25-,33?/m1/s1. The lowest BCUT2D eigenvalue weighted by Crippen LogP contribution is -2.10. The summed E-state index contributed by atoms with van der Waals surface area (Å²) in [5.74, 6) is 1.57. The first-order valence-corrected chi connectivity index (χ1v) is 13.0. The number of rotatable bonds is 8. The van der Waals surface area contributed by atoms with Gasteiger partial charge in [-0.3, -0.25) is 0 Å². The van der Waals surface area contributed by atoms with E-state index in [2.05, 4.69) is 109 Å². The highest BCUT2D eigenvalue weighted by molar-refractivity contribution is 5.66. The van der Waals surface area contributed by atoms with Gasteiger partial charge in [-0.05, 0) is 90.2 Å². The van der Waals surface area contributed by atoms with Crippen molar-refractivity contribution in [1.82, 2.24) is 0 Å². The highest BCUT2D eigenvalue weighted by Gasteiger charge is 2.27. The molecule has 0 heteroatoms. The summed E-state index contributed by atoms with van der Waals surface area (Å²) in [6.45, 7) is 22.3. The molecule has 0 radical (unpaired) electrons. The summed E-state index contributed by atoms with van der Waals surface area (Å²) in [4.78, 5) is 0. The summed E-state index contributed by atoms with van der Waals surface area (Å²) < 4.78 is 0. The zero-order chi connectivity index (χ0) is 24.6. The predicted octanol–water partition coefficient (Wildman–Crippen LogP) is 9.90. The molecule has 178 valence electrons. The number of allylic oxidation sites excluding steroid dienone is 6. The van der Waals surface area contributed by atoms with Gasteiger partial charge in [0.2, 0.25) is 0 Å². The molecule has 0 aromatic heterocycles. The molecule has 2 atom stereocenters. The zero-order valence-corrected chi connectivity index (χ0v) is 22.2. The maximum Gasteiger partial charge on any atom is 0.0239 e. The first-order chi connectivity index (χ1) is 16.0. The van der Waals surface area contributed by atoms with Gasteiger partial charge in [-0.25, -0.2) is 0 Å². The van der Waals surface area contributed by atoms with Crippen LogP contribution in [-0.2, 0) is 6.42 Å². The van der Waals surface area contributed by atoms with Crippen LogP contribution < -0.4 is 0 Å². The normalized spacial score (nSPS) is 18.9. The minimum absolute atomic E-state index is 0.291. The first kappa shape index (κ1) is 24.5. The third-order valence-corrected chi connectivity index (χ3v) is 7.27. The Labute approximate surface area is 208 Å². The highest BCUT2D eigenvalue weighted by atomic mass is 14.3. The van der Waals surface area contributed by atoms with Crippen LogP contribution in [0.15, 0.2) is 78.9 Å². The van der Waals surface area contributed by atoms with Gasteiger partial charge in [-0.2, -0.15) is 0 Å². The van der Waals surface area contributed by atoms with Crippen LogP contribution in [0.5, 0.6) is 0 Å². The lowest BCUT2D eigenvalue weighted by molar-refractivity contribution is 0.411. The fourth-order valence-electron chi connectivity index (χ4n) is 5.37. The number of hydrogen-bond donors (Lipinski definition) is 0. The molecule has 1 unspecified atom stereocenters.